The minimum Gasteiger partial charge on any atom is -0.461 e. The molecule has 1 aromatic carbocycles. The topological polar surface area (TPSA) is 132 Å². The third-order valence-electron chi connectivity index (χ3n) is 5.56. The molecule has 2 atom stereocenters. The predicted molar refractivity (Wildman–Crippen MR) is 141 cm³/mol. The molecule has 0 aliphatic carbocycles. The minimum atomic E-state index is -4.48. The van der Waals surface area contributed by atoms with Gasteiger partial charge in [0.25, 0.3) is 6.48 Å². The molecule has 0 aliphatic rings. The minimum absolute atomic E-state index is 0.0253. The molecule has 0 fully saturated rings. The second-order valence-corrected chi connectivity index (χ2v) is 9.38. The Morgan fingerprint density at radius 1 is 1.22 bits per heavy atom. The van der Waals surface area contributed by atoms with Gasteiger partial charge < -0.3 is 19.3 Å². The summed E-state index contributed by atoms with van der Waals surface area (Å²) >= 11 is 0. The van der Waals surface area contributed by atoms with Gasteiger partial charge in [0, 0.05) is 11.8 Å². The van der Waals surface area contributed by atoms with Crippen LogP contribution in [0.2, 0.25) is 0 Å². The van der Waals surface area contributed by atoms with Gasteiger partial charge >= 0.3 is 12.1 Å². The summed E-state index contributed by atoms with van der Waals surface area (Å²) in [6.07, 6.45) is 0.0763. The number of halogens is 3. The average Bonchev–Trinajstić information content (AvgIpc) is 3.38. The molecule has 0 aliphatic heterocycles. The van der Waals surface area contributed by atoms with Gasteiger partial charge in [-0.2, -0.15) is 23.2 Å². The highest BCUT2D eigenvalue weighted by molar-refractivity contribution is 5.76. The van der Waals surface area contributed by atoms with Crippen molar-refractivity contribution in [3.63, 3.8) is 0 Å². The summed E-state index contributed by atoms with van der Waals surface area (Å²) in [6.45, 7) is 6.24. The van der Waals surface area contributed by atoms with Crippen molar-refractivity contribution >= 4 is 18.1 Å². The molecule has 2 aromatic heterocycles. The second kappa shape index (κ2) is 13.3. The van der Waals surface area contributed by atoms with Crippen LogP contribution >= 0.6 is 0 Å². The van der Waals surface area contributed by atoms with Crippen LogP contribution in [-0.2, 0) is 25.2 Å². The molecule has 0 radical (unpaired) electrons. The van der Waals surface area contributed by atoms with Crippen molar-refractivity contribution in [2.75, 3.05) is 13.2 Å². The lowest BCUT2D eigenvalue weighted by molar-refractivity contribution is -0.301. The number of ether oxygens (including phenoxy) is 3. The van der Waals surface area contributed by atoms with Crippen LogP contribution in [0.3, 0.4) is 0 Å². The Labute approximate surface area is 234 Å². The van der Waals surface area contributed by atoms with Gasteiger partial charge in [-0.05, 0) is 50.6 Å². The molecule has 2 heterocycles. The molecule has 10 nitrogen and oxygen atoms in total. The van der Waals surface area contributed by atoms with E-state index in [1.54, 1.807) is 44.2 Å². The van der Waals surface area contributed by atoms with E-state index >= 15 is 0 Å². The number of esters is 1. The van der Waals surface area contributed by atoms with Gasteiger partial charge in [-0.3, -0.25) is 9.78 Å². The van der Waals surface area contributed by atoms with Crippen LogP contribution in [0.4, 0.5) is 13.2 Å². The first kappa shape index (κ1) is 31.2. The molecule has 0 saturated heterocycles. The lowest BCUT2D eigenvalue weighted by Crippen LogP contribution is -2.34. The third kappa shape index (κ3) is 8.55. The van der Waals surface area contributed by atoms with E-state index in [1.165, 1.54) is 19.1 Å². The van der Waals surface area contributed by atoms with Crippen molar-refractivity contribution in [1.82, 2.24) is 20.0 Å². The average molecular weight is 572 g/mol. The van der Waals surface area contributed by atoms with Gasteiger partial charge in [-0.1, -0.05) is 36.9 Å². The van der Waals surface area contributed by atoms with E-state index < -0.39 is 35.8 Å². The zero-order valence-electron chi connectivity index (χ0n) is 22.5. The van der Waals surface area contributed by atoms with Gasteiger partial charge in [0.15, 0.2) is 11.9 Å². The Hall–Kier alpha value is -4.38. The van der Waals surface area contributed by atoms with Crippen molar-refractivity contribution in [2.24, 2.45) is 5.41 Å². The van der Waals surface area contributed by atoms with Gasteiger partial charge in [0.2, 0.25) is 0 Å². The summed E-state index contributed by atoms with van der Waals surface area (Å²) < 4.78 is 54.6. The maximum atomic E-state index is 13.0. The summed E-state index contributed by atoms with van der Waals surface area (Å²) in [6, 6.07) is 10.6. The number of pyridine rings is 1. The van der Waals surface area contributed by atoms with Crippen LogP contribution in [0, 0.1) is 16.7 Å². The Kier molecular flexibility index (Phi) is 10.1. The Bertz CT molecular complexity index is 1450. The molecule has 13 heteroatoms. The summed E-state index contributed by atoms with van der Waals surface area (Å²) in [7, 11) is 0. The van der Waals surface area contributed by atoms with Crippen molar-refractivity contribution in [3.05, 3.63) is 77.8 Å². The fraction of sp³-hybridized carbons (Fsp3) is 0.321. The predicted octanol–water partition coefficient (Wildman–Crippen LogP) is 4.98. The fourth-order valence-electron chi connectivity index (χ4n) is 3.37. The van der Waals surface area contributed by atoms with E-state index in [4.69, 9.17) is 14.2 Å². The highest BCUT2D eigenvalue weighted by Gasteiger charge is 2.32. The van der Waals surface area contributed by atoms with E-state index in [2.05, 4.69) is 21.8 Å². The lowest BCUT2D eigenvalue weighted by Gasteiger charge is -2.24. The molecule has 0 saturated carbocycles. The molecular weight excluding hydrogens is 543 g/mol. The SMILES string of the molecule is C=CCOC(=O)C(C)(C)COC(O)OC(C)n1nc(C#N)c(-c2cccc(/C=C/c3cc(C(F)(F)F)ccn3)c2)n1. The van der Waals surface area contributed by atoms with Crippen LogP contribution in [-0.4, -0.2) is 50.7 Å². The Morgan fingerprint density at radius 3 is 2.66 bits per heavy atom. The number of benzene rings is 1. The van der Waals surface area contributed by atoms with Crippen LogP contribution < -0.4 is 0 Å². The van der Waals surface area contributed by atoms with E-state index in [0.717, 1.165) is 23.1 Å². The van der Waals surface area contributed by atoms with Crippen molar-refractivity contribution < 1.29 is 37.3 Å². The van der Waals surface area contributed by atoms with Gasteiger partial charge in [-0.15, -0.1) is 10.2 Å². The molecule has 0 amide bonds. The summed E-state index contributed by atoms with van der Waals surface area (Å²) in [5.41, 5.74) is -0.438. The second-order valence-electron chi connectivity index (χ2n) is 9.38. The highest BCUT2D eigenvalue weighted by Crippen LogP contribution is 2.29. The Balaban J connectivity index is 1.71. The summed E-state index contributed by atoms with van der Waals surface area (Å²) in [5.74, 6) is -0.544. The van der Waals surface area contributed by atoms with Crippen LogP contribution in [0.15, 0.2) is 55.3 Å². The van der Waals surface area contributed by atoms with Gasteiger partial charge in [0.05, 0.1) is 23.3 Å². The maximum Gasteiger partial charge on any atom is 0.416 e. The molecular formula is C28H28F3N5O5. The number of carbonyl (C=O) groups is 1. The lowest BCUT2D eigenvalue weighted by atomic mass is 9.95. The number of aliphatic hydroxyl groups is 1. The number of nitriles is 1. The molecule has 3 rings (SSSR count). The molecule has 2 unspecified atom stereocenters. The zero-order chi connectivity index (χ0) is 30.2. The number of nitrogens with zero attached hydrogens (tertiary/aromatic N) is 5. The van der Waals surface area contributed by atoms with Gasteiger partial charge in [0.1, 0.15) is 18.4 Å². The quantitative estimate of drug-likeness (QED) is 0.181. The van der Waals surface area contributed by atoms with Crippen LogP contribution in [0.5, 0.6) is 0 Å². The first-order valence-corrected chi connectivity index (χ1v) is 12.3. The number of alkyl halides is 3. The van der Waals surface area contributed by atoms with E-state index in [9.17, 15) is 28.3 Å². The molecule has 216 valence electrons. The fourth-order valence-corrected chi connectivity index (χ4v) is 3.37. The number of carbonyl (C=O) groups excluding carboxylic acids is 1. The third-order valence-corrected chi connectivity index (χ3v) is 5.56. The first-order valence-electron chi connectivity index (χ1n) is 12.3. The molecule has 3 aromatic rings. The monoisotopic (exact) mass is 571 g/mol. The number of hydrogen-bond donors (Lipinski definition) is 1. The maximum absolute atomic E-state index is 13.0. The number of hydrogen-bond acceptors (Lipinski definition) is 9. The van der Waals surface area contributed by atoms with E-state index in [1.807, 2.05) is 6.07 Å². The highest BCUT2D eigenvalue weighted by atomic mass is 19.4. The Morgan fingerprint density at radius 2 is 1.98 bits per heavy atom. The van der Waals surface area contributed by atoms with Crippen molar-refractivity contribution in [2.45, 2.75) is 39.7 Å². The molecule has 1 N–H and O–H groups in total. The van der Waals surface area contributed by atoms with Crippen LogP contribution in [0.25, 0.3) is 23.4 Å². The normalized spacial score (nSPS) is 13.5. The standard InChI is InChI=1S/C28H28F3N5O5/c1-5-13-39-25(37)27(3,4)17-40-26(38)41-18(2)36-34-23(16-32)24(35-36)20-8-6-7-19(14-20)9-10-22-15-21(11-12-33-22)28(29,30)31/h5-12,14-15,18,26,38H,1,13,17H2,2-4H3/b10-9+. The summed E-state index contributed by atoms with van der Waals surface area (Å²) in [4.78, 5) is 17.1. The smallest absolute Gasteiger partial charge is 0.416 e. The zero-order valence-corrected chi connectivity index (χ0v) is 22.5. The van der Waals surface area contributed by atoms with Crippen molar-refractivity contribution in [3.8, 4) is 17.3 Å². The molecule has 41 heavy (non-hydrogen) atoms. The molecule has 0 spiro atoms. The van der Waals surface area contributed by atoms with Gasteiger partial charge in [-0.25, -0.2) is 0 Å². The number of aliphatic hydroxyl groups excluding tert-OH is 1. The van der Waals surface area contributed by atoms with E-state index in [0.29, 0.717) is 11.1 Å². The van der Waals surface area contributed by atoms with Crippen LogP contribution in [0.1, 0.15) is 49.5 Å². The molecule has 0 bridgehead atoms. The first-order chi connectivity index (χ1) is 19.3. The number of aromatic nitrogens is 4. The largest absolute Gasteiger partial charge is 0.461 e. The number of rotatable bonds is 12. The van der Waals surface area contributed by atoms with Crippen molar-refractivity contribution in [1.29, 1.82) is 5.26 Å². The summed E-state index contributed by atoms with van der Waals surface area (Å²) in [5, 5.41) is 28.2. The van der Waals surface area contributed by atoms with E-state index in [-0.39, 0.29) is 30.3 Å².